The van der Waals surface area contributed by atoms with E-state index in [1.165, 1.54) is 25.7 Å². The second kappa shape index (κ2) is 3.89. The molecule has 2 aliphatic rings. The Kier molecular flexibility index (Phi) is 2.77. The monoisotopic (exact) mass is 197 g/mol. The number of rotatable bonds is 1. The zero-order valence-corrected chi connectivity index (χ0v) is 8.59. The molecule has 2 N–H and O–H groups in total. The largest absolute Gasteiger partial charge is 0.394 e. The predicted molar refractivity (Wildman–Crippen MR) is 53.8 cm³/mol. The molecule has 1 amide bonds. The lowest BCUT2D eigenvalue weighted by atomic mass is 9.78. The molecule has 1 spiro atoms. The Balaban J connectivity index is 2.09. The first-order chi connectivity index (χ1) is 6.77. The van der Waals surface area contributed by atoms with Crippen LogP contribution in [0.4, 0.5) is 0 Å². The van der Waals surface area contributed by atoms with E-state index in [2.05, 4.69) is 5.32 Å². The van der Waals surface area contributed by atoms with E-state index in [-0.39, 0.29) is 24.0 Å². The third kappa shape index (κ3) is 1.65. The van der Waals surface area contributed by atoms with Gasteiger partial charge in [0.15, 0.2) is 0 Å². The summed E-state index contributed by atoms with van der Waals surface area (Å²) in [5, 5.41) is 12.0. The van der Waals surface area contributed by atoms with Gasteiger partial charge < -0.3 is 10.4 Å². The third-order valence-corrected chi connectivity index (χ3v) is 3.74. The average molecular weight is 197 g/mol. The van der Waals surface area contributed by atoms with Crippen LogP contribution in [-0.4, -0.2) is 23.7 Å². The molecule has 1 atom stereocenters. The van der Waals surface area contributed by atoms with Gasteiger partial charge in [-0.25, -0.2) is 0 Å². The fourth-order valence-corrected chi connectivity index (χ4v) is 2.90. The number of hydrogen-bond acceptors (Lipinski definition) is 2. The Hall–Kier alpha value is -0.570. The van der Waals surface area contributed by atoms with E-state index in [4.69, 9.17) is 5.11 Å². The summed E-state index contributed by atoms with van der Waals surface area (Å²) in [4.78, 5) is 11.9. The Morgan fingerprint density at radius 1 is 1.29 bits per heavy atom. The van der Waals surface area contributed by atoms with Gasteiger partial charge in [0.2, 0.25) is 5.91 Å². The maximum Gasteiger partial charge on any atom is 0.226 e. The van der Waals surface area contributed by atoms with Gasteiger partial charge in [-0.3, -0.25) is 4.79 Å². The molecule has 0 bridgehead atoms. The second-order valence-electron chi connectivity index (χ2n) is 4.75. The summed E-state index contributed by atoms with van der Waals surface area (Å²) < 4.78 is 0. The van der Waals surface area contributed by atoms with Crippen molar-refractivity contribution in [2.75, 3.05) is 6.61 Å². The number of nitrogens with one attached hydrogen (secondary N) is 1. The van der Waals surface area contributed by atoms with Crippen molar-refractivity contribution in [3.63, 3.8) is 0 Å². The van der Waals surface area contributed by atoms with Gasteiger partial charge in [0, 0.05) is 0 Å². The van der Waals surface area contributed by atoms with Gasteiger partial charge in [-0.1, -0.05) is 25.7 Å². The van der Waals surface area contributed by atoms with E-state index < -0.39 is 0 Å². The van der Waals surface area contributed by atoms with E-state index in [9.17, 15) is 4.79 Å². The first-order valence-electron chi connectivity index (χ1n) is 5.69. The van der Waals surface area contributed by atoms with Crippen LogP contribution in [0.2, 0.25) is 0 Å². The molecule has 0 aromatic carbocycles. The van der Waals surface area contributed by atoms with Crippen molar-refractivity contribution in [2.24, 2.45) is 5.41 Å². The fourth-order valence-electron chi connectivity index (χ4n) is 2.90. The van der Waals surface area contributed by atoms with Gasteiger partial charge in [0.1, 0.15) is 0 Å². The summed E-state index contributed by atoms with van der Waals surface area (Å²) >= 11 is 0. The number of aliphatic hydroxyl groups excluding tert-OH is 1. The van der Waals surface area contributed by atoms with Crippen molar-refractivity contribution in [1.82, 2.24) is 5.32 Å². The molecule has 1 aliphatic carbocycles. The highest BCUT2D eigenvalue weighted by Crippen LogP contribution is 2.42. The molecule has 0 radical (unpaired) electrons. The minimum atomic E-state index is -0.121. The van der Waals surface area contributed by atoms with E-state index >= 15 is 0 Å². The maximum atomic E-state index is 11.9. The molecule has 2 rings (SSSR count). The summed E-state index contributed by atoms with van der Waals surface area (Å²) in [5.74, 6) is 0.193. The van der Waals surface area contributed by atoms with Crippen LogP contribution in [0.1, 0.15) is 44.9 Å². The molecule has 3 heteroatoms. The SMILES string of the molecule is O=C1NC(CO)CC12CCCCCC2. The molecule has 1 heterocycles. The van der Waals surface area contributed by atoms with Crippen LogP contribution in [0, 0.1) is 5.41 Å². The van der Waals surface area contributed by atoms with Gasteiger partial charge in [-0.2, -0.15) is 0 Å². The lowest BCUT2D eigenvalue weighted by Crippen LogP contribution is -2.32. The molecule has 0 aromatic rings. The minimum Gasteiger partial charge on any atom is -0.394 e. The first-order valence-corrected chi connectivity index (χ1v) is 5.69. The highest BCUT2D eigenvalue weighted by molar-refractivity contribution is 5.85. The van der Waals surface area contributed by atoms with Crippen LogP contribution in [-0.2, 0) is 4.79 Å². The first kappa shape index (κ1) is 9.97. The second-order valence-corrected chi connectivity index (χ2v) is 4.75. The zero-order chi connectivity index (χ0) is 10.0. The van der Waals surface area contributed by atoms with Gasteiger partial charge in [0.05, 0.1) is 18.1 Å². The number of carbonyl (C=O) groups excluding carboxylic acids is 1. The zero-order valence-electron chi connectivity index (χ0n) is 8.59. The van der Waals surface area contributed by atoms with E-state index in [0.29, 0.717) is 0 Å². The summed E-state index contributed by atoms with van der Waals surface area (Å²) in [5.41, 5.74) is -0.121. The molecular formula is C11H19NO2. The normalized spacial score (nSPS) is 31.5. The molecular weight excluding hydrogens is 178 g/mol. The summed E-state index contributed by atoms with van der Waals surface area (Å²) in [6, 6.07) is 0.0144. The van der Waals surface area contributed by atoms with Crippen molar-refractivity contribution in [3.8, 4) is 0 Å². The third-order valence-electron chi connectivity index (χ3n) is 3.74. The topological polar surface area (TPSA) is 49.3 Å². The lowest BCUT2D eigenvalue weighted by Gasteiger charge is -2.23. The van der Waals surface area contributed by atoms with Crippen LogP contribution in [0.15, 0.2) is 0 Å². The standard InChI is InChI=1S/C11H19NO2/c13-8-9-7-11(10(14)12-9)5-3-1-2-4-6-11/h9,13H,1-8H2,(H,12,14). The summed E-state index contributed by atoms with van der Waals surface area (Å²) in [6.45, 7) is 0.0908. The fraction of sp³-hybridized carbons (Fsp3) is 0.909. The van der Waals surface area contributed by atoms with Crippen LogP contribution < -0.4 is 5.32 Å². The Morgan fingerprint density at radius 2 is 1.93 bits per heavy atom. The van der Waals surface area contributed by atoms with Crippen LogP contribution >= 0.6 is 0 Å². The van der Waals surface area contributed by atoms with Crippen molar-refractivity contribution >= 4 is 5.91 Å². The quantitative estimate of drug-likeness (QED) is 0.663. The molecule has 0 aromatic heterocycles. The van der Waals surface area contributed by atoms with E-state index in [0.717, 1.165) is 19.3 Å². The predicted octanol–water partition coefficient (Wildman–Crippen LogP) is 1.21. The van der Waals surface area contributed by atoms with Gasteiger partial charge in [-0.05, 0) is 19.3 Å². The van der Waals surface area contributed by atoms with Gasteiger partial charge >= 0.3 is 0 Å². The molecule has 1 unspecified atom stereocenters. The number of hydrogen-bond donors (Lipinski definition) is 2. The average Bonchev–Trinajstić information content (AvgIpc) is 2.40. The molecule has 14 heavy (non-hydrogen) atoms. The molecule has 1 saturated heterocycles. The van der Waals surface area contributed by atoms with Crippen LogP contribution in [0.25, 0.3) is 0 Å². The Bertz CT molecular complexity index is 219. The lowest BCUT2D eigenvalue weighted by molar-refractivity contribution is -0.128. The number of amides is 1. The molecule has 2 fully saturated rings. The van der Waals surface area contributed by atoms with Gasteiger partial charge in [0.25, 0.3) is 0 Å². The minimum absolute atomic E-state index is 0.0144. The van der Waals surface area contributed by atoms with Crippen LogP contribution in [0.5, 0.6) is 0 Å². The van der Waals surface area contributed by atoms with E-state index in [1.807, 2.05) is 0 Å². The molecule has 3 nitrogen and oxygen atoms in total. The molecule has 1 saturated carbocycles. The summed E-state index contributed by atoms with van der Waals surface area (Å²) in [6.07, 6.45) is 7.77. The Labute approximate surface area is 84.9 Å². The maximum absolute atomic E-state index is 11.9. The van der Waals surface area contributed by atoms with Crippen molar-refractivity contribution in [1.29, 1.82) is 0 Å². The van der Waals surface area contributed by atoms with Crippen LogP contribution in [0.3, 0.4) is 0 Å². The highest BCUT2D eigenvalue weighted by atomic mass is 16.3. The van der Waals surface area contributed by atoms with Gasteiger partial charge in [-0.15, -0.1) is 0 Å². The highest BCUT2D eigenvalue weighted by Gasteiger charge is 2.45. The van der Waals surface area contributed by atoms with Crippen molar-refractivity contribution in [2.45, 2.75) is 51.0 Å². The molecule has 80 valence electrons. The van der Waals surface area contributed by atoms with E-state index in [1.54, 1.807) is 0 Å². The Morgan fingerprint density at radius 3 is 2.43 bits per heavy atom. The summed E-state index contributed by atoms with van der Waals surface area (Å²) in [7, 11) is 0. The molecule has 1 aliphatic heterocycles. The van der Waals surface area contributed by atoms with Crippen molar-refractivity contribution < 1.29 is 9.90 Å². The number of aliphatic hydroxyl groups is 1. The smallest absolute Gasteiger partial charge is 0.226 e. The van der Waals surface area contributed by atoms with Crippen molar-refractivity contribution in [3.05, 3.63) is 0 Å². The number of carbonyl (C=O) groups is 1.